The number of anilines is 1. The maximum Gasteiger partial charge on any atom is 0.501 e. The van der Waals surface area contributed by atoms with Crippen molar-refractivity contribution in [2.75, 3.05) is 33.1 Å². The van der Waals surface area contributed by atoms with Gasteiger partial charge in [0.1, 0.15) is 0 Å². The number of carbonyl (C=O) groups excluding carboxylic acids is 1. The lowest BCUT2D eigenvalue weighted by atomic mass is 9.65. The van der Waals surface area contributed by atoms with Gasteiger partial charge in [-0.3, -0.25) is 0 Å². The van der Waals surface area contributed by atoms with Gasteiger partial charge in [0, 0.05) is 23.2 Å². The zero-order chi connectivity index (χ0) is 27.0. The molecule has 1 heterocycles. The molecular weight excluding hydrogens is 511 g/mol. The van der Waals surface area contributed by atoms with Gasteiger partial charge in [-0.25, -0.2) is 13.2 Å². The summed E-state index contributed by atoms with van der Waals surface area (Å²) in [7, 11) is -0.262. The van der Waals surface area contributed by atoms with E-state index in [4.69, 9.17) is 9.47 Å². The molecule has 202 valence electrons. The van der Waals surface area contributed by atoms with Gasteiger partial charge in [0.05, 0.1) is 19.1 Å². The van der Waals surface area contributed by atoms with Crippen LogP contribution < -0.4 is 20.1 Å². The molecular formula is C25H30F3N3O5S. The highest BCUT2D eigenvalue weighted by atomic mass is 32.2. The Labute approximate surface area is 214 Å². The van der Waals surface area contributed by atoms with Crippen molar-refractivity contribution < 1.29 is 35.9 Å². The quantitative estimate of drug-likeness (QED) is 0.566. The number of amides is 2. The number of benzene rings is 2. The molecule has 3 atom stereocenters. The van der Waals surface area contributed by atoms with Gasteiger partial charge in [0.2, 0.25) is 0 Å². The van der Waals surface area contributed by atoms with Crippen molar-refractivity contribution in [1.29, 1.82) is 0 Å². The average Bonchev–Trinajstić information content (AvgIpc) is 3.20. The number of hydrogen-bond acceptors (Lipinski definition) is 6. The molecule has 2 fully saturated rings. The van der Waals surface area contributed by atoms with Crippen LogP contribution in [0.1, 0.15) is 31.2 Å². The highest BCUT2D eigenvalue weighted by molar-refractivity contribution is 7.92. The number of urea groups is 1. The van der Waals surface area contributed by atoms with E-state index in [1.54, 1.807) is 14.2 Å². The molecule has 1 saturated carbocycles. The van der Waals surface area contributed by atoms with Crippen molar-refractivity contribution in [1.82, 2.24) is 10.2 Å². The number of nitrogens with zero attached hydrogens (tertiary/aromatic N) is 1. The summed E-state index contributed by atoms with van der Waals surface area (Å²) in [5.74, 6) is 1.32. The summed E-state index contributed by atoms with van der Waals surface area (Å²) in [5.41, 5.74) is -4.42. The highest BCUT2D eigenvalue weighted by Crippen LogP contribution is 2.49. The first kappa shape index (κ1) is 27.1. The van der Waals surface area contributed by atoms with E-state index in [1.165, 1.54) is 6.07 Å². The number of likely N-dealkylation sites (tertiary alicyclic amines) is 1. The molecule has 12 heteroatoms. The average molecular weight is 542 g/mol. The van der Waals surface area contributed by atoms with E-state index in [0.29, 0.717) is 24.3 Å². The second-order valence-electron chi connectivity index (χ2n) is 9.52. The summed E-state index contributed by atoms with van der Waals surface area (Å²) < 4.78 is 73.0. The fourth-order valence-corrected chi connectivity index (χ4v) is 6.43. The molecule has 2 aromatic rings. The van der Waals surface area contributed by atoms with Crippen LogP contribution in [0.3, 0.4) is 0 Å². The number of sulfone groups is 1. The van der Waals surface area contributed by atoms with Crippen LogP contribution in [0.2, 0.25) is 0 Å². The Morgan fingerprint density at radius 3 is 2.49 bits per heavy atom. The second kappa shape index (κ2) is 10.1. The molecule has 2 N–H and O–H groups in total. The number of hydrogen-bond donors (Lipinski definition) is 2. The Morgan fingerprint density at radius 1 is 1.08 bits per heavy atom. The number of alkyl halides is 3. The molecule has 2 aromatic carbocycles. The Morgan fingerprint density at radius 2 is 1.81 bits per heavy atom. The lowest BCUT2D eigenvalue weighted by Crippen LogP contribution is -2.52. The molecule has 0 aromatic heterocycles. The molecule has 0 radical (unpaired) electrons. The van der Waals surface area contributed by atoms with Crippen LogP contribution in [0.4, 0.5) is 23.7 Å². The second-order valence-corrected chi connectivity index (χ2v) is 11.5. The number of rotatable bonds is 6. The van der Waals surface area contributed by atoms with Gasteiger partial charge in [0.25, 0.3) is 9.84 Å². The smallest absolute Gasteiger partial charge is 0.493 e. The van der Waals surface area contributed by atoms with Crippen LogP contribution in [-0.2, 0) is 15.3 Å². The molecule has 2 amide bonds. The number of ether oxygens (including phenoxy) is 2. The van der Waals surface area contributed by atoms with Gasteiger partial charge in [-0.15, -0.1) is 0 Å². The Bertz CT molecular complexity index is 1270. The topological polar surface area (TPSA) is 97.0 Å². The molecule has 1 aliphatic carbocycles. The third kappa shape index (κ3) is 5.08. The molecule has 4 rings (SSSR count). The van der Waals surface area contributed by atoms with Crippen LogP contribution in [0, 0.1) is 0 Å². The maximum atomic E-state index is 12.9. The third-order valence-electron chi connectivity index (χ3n) is 7.53. The minimum absolute atomic E-state index is 0.0451. The van der Waals surface area contributed by atoms with Crippen LogP contribution in [0.5, 0.6) is 11.5 Å². The molecule has 1 saturated heterocycles. The summed E-state index contributed by atoms with van der Waals surface area (Å²) in [6.45, 7) is 0.901. The first-order chi connectivity index (χ1) is 17.4. The van der Waals surface area contributed by atoms with Crippen molar-refractivity contribution in [2.24, 2.45) is 0 Å². The standard InChI is InChI=1S/C25H30F3N3O5S/c1-31-12-11-24(16-7-8-20(35-2)21(13-16)36-3)10-9-18(15-22(24)31)30-23(32)29-17-5-4-6-19(14-17)37(33,34)25(26,27)28/h4-8,13-14,18,22H,9-12,15H2,1-3H3,(H2,29,30,32)/t18-,22+,24-/m0/s1. The largest absolute Gasteiger partial charge is 0.501 e. The molecule has 0 spiro atoms. The zero-order valence-electron chi connectivity index (χ0n) is 20.8. The maximum absolute atomic E-state index is 12.9. The van der Waals surface area contributed by atoms with Crippen molar-refractivity contribution in [3.63, 3.8) is 0 Å². The fourth-order valence-electron chi connectivity index (χ4n) is 5.62. The number of carbonyl (C=O) groups is 1. The molecule has 0 bridgehead atoms. The van der Waals surface area contributed by atoms with E-state index in [2.05, 4.69) is 28.6 Å². The van der Waals surface area contributed by atoms with Gasteiger partial charge in [-0.1, -0.05) is 12.1 Å². The van der Waals surface area contributed by atoms with Gasteiger partial charge in [-0.05, 0) is 75.2 Å². The summed E-state index contributed by atoms with van der Waals surface area (Å²) in [6, 6.07) is 9.51. The van der Waals surface area contributed by atoms with E-state index in [9.17, 15) is 26.4 Å². The zero-order valence-corrected chi connectivity index (χ0v) is 21.6. The van der Waals surface area contributed by atoms with Crippen LogP contribution in [0.15, 0.2) is 47.4 Å². The fraction of sp³-hybridized carbons (Fsp3) is 0.480. The Hall–Kier alpha value is -2.99. The number of fused-ring (bicyclic) bond motifs is 1. The number of methoxy groups -OCH3 is 2. The predicted octanol–water partition coefficient (Wildman–Crippen LogP) is 4.31. The Kier molecular flexibility index (Phi) is 7.35. The predicted molar refractivity (Wildman–Crippen MR) is 132 cm³/mol. The highest BCUT2D eigenvalue weighted by Gasteiger charge is 2.51. The van der Waals surface area contributed by atoms with Crippen LogP contribution in [-0.4, -0.2) is 64.8 Å². The van der Waals surface area contributed by atoms with Crippen molar-refractivity contribution >= 4 is 21.6 Å². The van der Waals surface area contributed by atoms with Crippen molar-refractivity contribution in [2.45, 2.75) is 53.6 Å². The molecule has 37 heavy (non-hydrogen) atoms. The number of nitrogens with one attached hydrogen (secondary N) is 2. The summed E-state index contributed by atoms with van der Waals surface area (Å²) in [6.07, 6.45) is 3.17. The minimum atomic E-state index is -5.51. The molecule has 1 aliphatic heterocycles. The van der Waals surface area contributed by atoms with Gasteiger partial charge in [0.15, 0.2) is 11.5 Å². The van der Waals surface area contributed by atoms with E-state index < -0.39 is 26.3 Å². The number of likely N-dealkylation sites (N-methyl/N-ethyl adjacent to an activating group) is 1. The summed E-state index contributed by atoms with van der Waals surface area (Å²) in [5, 5.41) is 5.37. The van der Waals surface area contributed by atoms with E-state index in [0.717, 1.165) is 43.1 Å². The minimum Gasteiger partial charge on any atom is -0.493 e. The molecule has 0 unspecified atom stereocenters. The first-order valence-electron chi connectivity index (χ1n) is 11.8. The SMILES string of the molecule is COc1ccc([C@@]23CC[C@H](NC(=O)Nc4cccc(S(=O)(=O)C(F)(F)F)c4)C[C@H]2N(C)CC3)cc1OC. The van der Waals surface area contributed by atoms with Crippen molar-refractivity contribution in [3.05, 3.63) is 48.0 Å². The molecule has 8 nitrogen and oxygen atoms in total. The lowest BCUT2D eigenvalue weighted by Gasteiger charge is -2.45. The third-order valence-corrected chi connectivity index (χ3v) is 9.01. The van der Waals surface area contributed by atoms with Gasteiger partial charge < -0.3 is 25.0 Å². The van der Waals surface area contributed by atoms with Crippen molar-refractivity contribution in [3.8, 4) is 11.5 Å². The monoisotopic (exact) mass is 541 g/mol. The van der Waals surface area contributed by atoms with E-state index in [1.807, 2.05) is 12.1 Å². The van der Waals surface area contributed by atoms with Gasteiger partial charge in [-0.2, -0.15) is 13.2 Å². The lowest BCUT2D eigenvalue weighted by molar-refractivity contribution is -0.0436. The number of halogens is 3. The van der Waals surface area contributed by atoms with Gasteiger partial charge >= 0.3 is 11.5 Å². The Balaban J connectivity index is 1.46. The summed E-state index contributed by atoms with van der Waals surface area (Å²) >= 11 is 0. The normalized spacial score (nSPS) is 24.3. The van der Waals surface area contributed by atoms with E-state index in [-0.39, 0.29) is 23.2 Å². The van der Waals surface area contributed by atoms with E-state index >= 15 is 0 Å². The van der Waals surface area contributed by atoms with Crippen LogP contribution >= 0.6 is 0 Å². The van der Waals surface area contributed by atoms with Crippen LogP contribution in [0.25, 0.3) is 0 Å². The first-order valence-corrected chi connectivity index (χ1v) is 13.3. The summed E-state index contributed by atoms with van der Waals surface area (Å²) in [4.78, 5) is 14.0. The molecule has 2 aliphatic rings.